The Morgan fingerprint density at radius 1 is 1.42 bits per heavy atom. The molecule has 1 aromatic rings. The van der Waals surface area contributed by atoms with Gasteiger partial charge in [0.1, 0.15) is 5.75 Å². The van der Waals surface area contributed by atoms with Gasteiger partial charge in [-0.05, 0) is 51.1 Å². The summed E-state index contributed by atoms with van der Waals surface area (Å²) in [6.07, 6.45) is 2.60. The van der Waals surface area contributed by atoms with Gasteiger partial charge >= 0.3 is 0 Å². The minimum absolute atomic E-state index is 0.0783. The molecule has 0 heterocycles. The predicted octanol–water partition coefficient (Wildman–Crippen LogP) is 1.97. The minimum Gasteiger partial charge on any atom is -0.494 e. The molecule has 134 valence electrons. The number of nitrogens with zero attached hydrogens (tertiary/aromatic N) is 3. The van der Waals surface area contributed by atoms with Crippen molar-refractivity contribution in [2.24, 2.45) is 10.7 Å². The number of unbranched alkanes of at least 4 members (excludes halogenated alkanes) is 1. The summed E-state index contributed by atoms with van der Waals surface area (Å²) in [6.45, 7) is 3.52. The Morgan fingerprint density at radius 3 is 2.83 bits per heavy atom. The van der Waals surface area contributed by atoms with Gasteiger partial charge in [-0.15, -0.1) is 0 Å². The number of rotatable bonds is 11. The van der Waals surface area contributed by atoms with Gasteiger partial charge in [0.25, 0.3) is 6.04 Å². The molecule has 24 heavy (non-hydrogen) atoms. The molecule has 7 heteroatoms. The smallest absolute Gasteiger partial charge is 0.266 e. The number of benzene rings is 1. The minimum atomic E-state index is -0.925. The van der Waals surface area contributed by atoms with Crippen molar-refractivity contribution in [1.82, 2.24) is 4.90 Å². The molecule has 7 nitrogen and oxygen atoms in total. The quantitative estimate of drug-likeness (QED) is 0.219. The monoisotopic (exact) mass is 336 g/mol. The zero-order valence-corrected chi connectivity index (χ0v) is 14.8. The van der Waals surface area contributed by atoms with Crippen molar-refractivity contribution in [2.45, 2.75) is 32.2 Å². The van der Waals surface area contributed by atoms with Gasteiger partial charge in [0.2, 0.25) is 0 Å². The molecular formula is C17H28N4O3. The summed E-state index contributed by atoms with van der Waals surface area (Å²) in [5.41, 5.74) is 6.82. The SMILES string of the molecule is CC(C(N)=NCCCCOc1cccc(CCN(C)C)c1)[N+](=O)[O-]. The highest BCUT2D eigenvalue weighted by atomic mass is 16.6. The van der Waals surface area contributed by atoms with Gasteiger partial charge in [-0.2, -0.15) is 0 Å². The van der Waals surface area contributed by atoms with E-state index < -0.39 is 11.0 Å². The molecule has 0 spiro atoms. The molecule has 1 aromatic carbocycles. The molecule has 0 radical (unpaired) electrons. The number of nitrogens with two attached hydrogens (primary N) is 1. The molecule has 0 aromatic heterocycles. The number of hydrogen-bond acceptors (Lipinski definition) is 5. The number of ether oxygens (including phenoxy) is 1. The maximum atomic E-state index is 10.6. The summed E-state index contributed by atoms with van der Waals surface area (Å²) in [4.78, 5) is 16.3. The van der Waals surface area contributed by atoms with Crippen molar-refractivity contribution < 1.29 is 9.66 Å². The van der Waals surface area contributed by atoms with Crippen LogP contribution in [0.15, 0.2) is 29.3 Å². The van der Waals surface area contributed by atoms with E-state index in [1.165, 1.54) is 12.5 Å². The van der Waals surface area contributed by atoms with E-state index in [2.05, 4.69) is 36.1 Å². The first-order chi connectivity index (χ1) is 11.4. The van der Waals surface area contributed by atoms with Gasteiger partial charge in [0.15, 0.2) is 5.84 Å². The summed E-state index contributed by atoms with van der Waals surface area (Å²) in [5.74, 6) is 0.950. The summed E-state index contributed by atoms with van der Waals surface area (Å²) in [5, 5.41) is 10.6. The Bertz CT molecular complexity index is 546. The lowest BCUT2D eigenvalue weighted by molar-refractivity contribution is -0.498. The van der Waals surface area contributed by atoms with E-state index in [0.717, 1.165) is 31.6 Å². The highest BCUT2D eigenvalue weighted by Crippen LogP contribution is 2.14. The van der Waals surface area contributed by atoms with Crippen LogP contribution < -0.4 is 10.5 Å². The zero-order valence-electron chi connectivity index (χ0n) is 14.8. The molecule has 0 bridgehead atoms. The fourth-order valence-corrected chi connectivity index (χ4v) is 2.00. The predicted molar refractivity (Wildman–Crippen MR) is 96.4 cm³/mol. The lowest BCUT2D eigenvalue weighted by Crippen LogP contribution is -2.33. The third-order valence-electron chi connectivity index (χ3n) is 3.61. The number of likely N-dealkylation sites (N-methyl/N-ethyl adjacent to an activating group) is 1. The van der Waals surface area contributed by atoms with E-state index in [1.807, 2.05) is 12.1 Å². The largest absolute Gasteiger partial charge is 0.494 e. The van der Waals surface area contributed by atoms with E-state index >= 15 is 0 Å². The molecule has 0 fully saturated rings. The van der Waals surface area contributed by atoms with Crippen LogP contribution in [0.5, 0.6) is 5.75 Å². The van der Waals surface area contributed by atoms with Crippen molar-refractivity contribution in [3.63, 3.8) is 0 Å². The second-order valence-corrected chi connectivity index (χ2v) is 6.02. The molecule has 0 aliphatic heterocycles. The first-order valence-corrected chi connectivity index (χ1v) is 8.20. The maximum absolute atomic E-state index is 10.6. The van der Waals surface area contributed by atoms with Crippen molar-refractivity contribution in [2.75, 3.05) is 33.8 Å². The van der Waals surface area contributed by atoms with Crippen molar-refractivity contribution in [1.29, 1.82) is 0 Å². The Balaban J connectivity index is 2.27. The van der Waals surface area contributed by atoms with E-state index in [0.29, 0.717) is 13.2 Å². The molecule has 2 N–H and O–H groups in total. The lowest BCUT2D eigenvalue weighted by Gasteiger charge is -2.11. The third kappa shape index (κ3) is 7.92. The Morgan fingerprint density at radius 2 is 2.17 bits per heavy atom. The van der Waals surface area contributed by atoms with Gasteiger partial charge in [0, 0.05) is 24.9 Å². The topological polar surface area (TPSA) is 94.0 Å². The van der Waals surface area contributed by atoms with Gasteiger partial charge in [-0.1, -0.05) is 12.1 Å². The second-order valence-electron chi connectivity index (χ2n) is 6.02. The van der Waals surface area contributed by atoms with Crippen LogP contribution in [0.1, 0.15) is 25.3 Å². The number of nitro groups is 1. The Hall–Kier alpha value is -2.15. The highest BCUT2D eigenvalue weighted by molar-refractivity contribution is 5.84. The summed E-state index contributed by atoms with van der Waals surface area (Å²) < 4.78 is 5.74. The van der Waals surface area contributed by atoms with E-state index in [1.54, 1.807) is 0 Å². The fraction of sp³-hybridized carbons (Fsp3) is 0.588. The van der Waals surface area contributed by atoms with Gasteiger partial charge in [-0.3, -0.25) is 15.1 Å². The van der Waals surface area contributed by atoms with Crippen LogP contribution in [0.25, 0.3) is 0 Å². The fourth-order valence-electron chi connectivity index (χ4n) is 2.00. The van der Waals surface area contributed by atoms with Gasteiger partial charge < -0.3 is 15.4 Å². The highest BCUT2D eigenvalue weighted by Gasteiger charge is 2.16. The lowest BCUT2D eigenvalue weighted by atomic mass is 10.1. The molecule has 0 amide bonds. The third-order valence-corrected chi connectivity index (χ3v) is 3.61. The van der Waals surface area contributed by atoms with Crippen LogP contribution in [-0.4, -0.2) is 55.5 Å². The molecule has 1 unspecified atom stereocenters. The molecule has 0 aliphatic carbocycles. The molecule has 1 atom stereocenters. The van der Waals surface area contributed by atoms with E-state index in [9.17, 15) is 10.1 Å². The van der Waals surface area contributed by atoms with Gasteiger partial charge in [-0.25, -0.2) is 0 Å². The first-order valence-electron chi connectivity index (χ1n) is 8.20. The molecule has 0 saturated heterocycles. The first kappa shape index (κ1) is 19.9. The number of amidine groups is 1. The molecular weight excluding hydrogens is 308 g/mol. The summed E-state index contributed by atoms with van der Waals surface area (Å²) in [6, 6.07) is 7.20. The zero-order chi connectivity index (χ0) is 17.9. The van der Waals surface area contributed by atoms with Gasteiger partial charge in [0.05, 0.1) is 6.61 Å². The van der Waals surface area contributed by atoms with Crippen LogP contribution in [-0.2, 0) is 6.42 Å². The van der Waals surface area contributed by atoms with E-state index in [4.69, 9.17) is 10.5 Å². The van der Waals surface area contributed by atoms with Crippen molar-refractivity contribution in [3.8, 4) is 5.75 Å². The van der Waals surface area contributed by atoms with Crippen LogP contribution >= 0.6 is 0 Å². The van der Waals surface area contributed by atoms with Crippen molar-refractivity contribution in [3.05, 3.63) is 39.9 Å². The second kappa shape index (κ2) is 10.6. The molecule has 0 saturated carbocycles. The number of aliphatic imine (C=N–C) groups is 1. The molecule has 0 aliphatic rings. The Kier molecular flexibility index (Phi) is 8.78. The standard InChI is InChI=1S/C17H28N4O3/c1-14(21(22)23)17(18)19-10-4-5-12-24-16-8-6-7-15(13-16)9-11-20(2)3/h6-8,13-14H,4-5,9-12H2,1-3H3,(H2,18,19). The normalized spacial score (nSPS) is 13.1. The number of hydrogen-bond donors (Lipinski definition) is 1. The van der Waals surface area contributed by atoms with Crippen molar-refractivity contribution >= 4 is 5.84 Å². The van der Waals surface area contributed by atoms with Crippen LogP contribution in [0.2, 0.25) is 0 Å². The Labute approximate surface area is 143 Å². The average molecular weight is 336 g/mol. The van der Waals surface area contributed by atoms with Crippen LogP contribution in [0.3, 0.4) is 0 Å². The maximum Gasteiger partial charge on any atom is 0.266 e. The van der Waals surface area contributed by atoms with Crippen LogP contribution in [0.4, 0.5) is 0 Å². The summed E-state index contributed by atoms with van der Waals surface area (Å²) >= 11 is 0. The van der Waals surface area contributed by atoms with E-state index in [-0.39, 0.29) is 5.84 Å². The van der Waals surface area contributed by atoms with Crippen LogP contribution in [0, 0.1) is 10.1 Å². The molecule has 1 rings (SSSR count). The summed E-state index contributed by atoms with van der Waals surface area (Å²) in [7, 11) is 4.12. The average Bonchev–Trinajstić information content (AvgIpc) is 2.55.